The van der Waals surface area contributed by atoms with Crippen LogP contribution in [0, 0.1) is 20.8 Å². The Morgan fingerprint density at radius 2 is 1.76 bits per heavy atom. The molecule has 0 aliphatic carbocycles. The van der Waals surface area contributed by atoms with E-state index in [0.29, 0.717) is 6.04 Å². The number of morpholine rings is 1. The molecule has 17 heavy (non-hydrogen) atoms. The van der Waals surface area contributed by atoms with Crippen molar-refractivity contribution in [1.82, 2.24) is 5.32 Å². The molecular weight excluding hydrogens is 210 g/mol. The molecule has 2 rings (SSSR count). The minimum Gasteiger partial charge on any atom is -0.378 e. The molecule has 2 heteroatoms. The van der Waals surface area contributed by atoms with Crippen LogP contribution < -0.4 is 5.32 Å². The molecule has 0 spiro atoms. The second-order valence-corrected chi connectivity index (χ2v) is 5.91. The summed E-state index contributed by atoms with van der Waals surface area (Å²) in [5, 5.41) is 3.69. The summed E-state index contributed by atoms with van der Waals surface area (Å²) < 4.78 is 5.73. The van der Waals surface area contributed by atoms with Crippen LogP contribution >= 0.6 is 0 Å². The van der Waals surface area contributed by atoms with E-state index >= 15 is 0 Å². The average Bonchev–Trinajstić information content (AvgIpc) is 2.13. The second-order valence-electron chi connectivity index (χ2n) is 5.91. The Morgan fingerprint density at radius 1 is 1.18 bits per heavy atom. The minimum atomic E-state index is 0.0622. The van der Waals surface area contributed by atoms with Crippen LogP contribution in [0.2, 0.25) is 0 Å². The first-order valence-electron chi connectivity index (χ1n) is 6.32. The molecule has 1 N–H and O–H groups in total. The molecule has 1 aromatic carbocycles. The molecule has 1 aliphatic heterocycles. The predicted molar refractivity (Wildman–Crippen MR) is 71.4 cm³/mol. The van der Waals surface area contributed by atoms with E-state index in [0.717, 1.165) is 13.2 Å². The minimum absolute atomic E-state index is 0.0622. The summed E-state index contributed by atoms with van der Waals surface area (Å²) in [6, 6.07) is 4.83. The zero-order chi connectivity index (χ0) is 12.6. The van der Waals surface area contributed by atoms with Crippen molar-refractivity contribution in [2.45, 2.75) is 46.2 Å². The van der Waals surface area contributed by atoms with Gasteiger partial charge in [0.15, 0.2) is 0 Å². The van der Waals surface area contributed by atoms with Crippen molar-refractivity contribution >= 4 is 0 Å². The molecule has 0 amide bonds. The van der Waals surface area contributed by atoms with E-state index in [1.165, 1.54) is 22.3 Å². The van der Waals surface area contributed by atoms with Crippen molar-refractivity contribution in [3.05, 3.63) is 34.4 Å². The lowest BCUT2D eigenvalue weighted by molar-refractivity contribution is 0.0124. The maximum Gasteiger partial charge on any atom is 0.0662 e. The third-order valence-electron chi connectivity index (χ3n) is 3.40. The third kappa shape index (κ3) is 2.70. The van der Waals surface area contributed by atoms with E-state index < -0.39 is 0 Å². The van der Waals surface area contributed by atoms with Crippen molar-refractivity contribution in [1.29, 1.82) is 0 Å². The van der Waals surface area contributed by atoms with Gasteiger partial charge in [-0.05, 0) is 51.3 Å². The highest BCUT2D eigenvalue weighted by atomic mass is 16.5. The normalized spacial score (nSPS) is 23.7. The van der Waals surface area contributed by atoms with Gasteiger partial charge < -0.3 is 10.1 Å². The molecule has 2 nitrogen and oxygen atoms in total. The fourth-order valence-corrected chi connectivity index (χ4v) is 2.88. The second kappa shape index (κ2) is 4.43. The van der Waals surface area contributed by atoms with E-state index in [4.69, 9.17) is 4.74 Å². The van der Waals surface area contributed by atoms with Crippen LogP contribution in [-0.4, -0.2) is 18.8 Å². The summed E-state index contributed by atoms with van der Waals surface area (Å²) >= 11 is 0. The molecular formula is C15H23NO. The molecule has 1 saturated heterocycles. The summed E-state index contributed by atoms with van der Waals surface area (Å²) in [5.41, 5.74) is 5.53. The molecule has 1 aromatic rings. The van der Waals surface area contributed by atoms with Crippen LogP contribution in [0.5, 0.6) is 0 Å². The highest BCUT2D eigenvalue weighted by Crippen LogP contribution is 2.28. The lowest BCUT2D eigenvalue weighted by Crippen LogP contribution is -2.51. The Bertz CT molecular complexity index is 400. The highest BCUT2D eigenvalue weighted by molar-refractivity contribution is 5.40. The number of benzene rings is 1. The van der Waals surface area contributed by atoms with Crippen molar-refractivity contribution in [2.75, 3.05) is 13.2 Å². The predicted octanol–water partition coefficient (Wildman–Crippen LogP) is 3.05. The Morgan fingerprint density at radius 3 is 2.29 bits per heavy atom. The molecule has 1 heterocycles. The standard InChI is InChI=1S/C15H23NO/c1-10-6-11(2)14(12(3)7-10)13-8-17-9-15(4,5)16-13/h6-7,13,16H,8-9H2,1-5H3. The van der Waals surface area contributed by atoms with Gasteiger partial charge in [-0.3, -0.25) is 0 Å². The Labute approximate surface area is 104 Å². The Balaban J connectivity index is 2.34. The van der Waals surface area contributed by atoms with Crippen LogP contribution in [0.15, 0.2) is 12.1 Å². The zero-order valence-electron chi connectivity index (χ0n) is 11.6. The van der Waals surface area contributed by atoms with E-state index in [1.54, 1.807) is 0 Å². The largest absolute Gasteiger partial charge is 0.378 e. The molecule has 1 fully saturated rings. The van der Waals surface area contributed by atoms with Crippen LogP contribution in [0.4, 0.5) is 0 Å². The number of hydrogen-bond donors (Lipinski definition) is 1. The van der Waals surface area contributed by atoms with E-state index in [1.807, 2.05) is 0 Å². The smallest absolute Gasteiger partial charge is 0.0662 e. The summed E-state index contributed by atoms with van der Waals surface area (Å²) in [4.78, 5) is 0. The fourth-order valence-electron chi connectivity index (χ4n) is 2.88. The Hall–Kier alpha value is -0.860. The summed E-state index contributed by atoms with van der Waals surface area (Å²) in [6.07, 6.45) is 0. The van der Waals surface area contributed by atoms with E-state index in [9.17, 15) is 0 Å². The quantitative estimate of drug-likeness (QED) is 0.805. The maximum absolute atomic E-state index is 5.73. The van der Waals surface area contributed by atoms with Gasteiger partial charge in [-0.25, -0.2) is 0 Å². The van der Waals surface area contributed by atoms with Crippen LogP contribution in [-0.2, 0) is 4.74 Å². The van der Waals surface area contributed by atoms with Gasteiger partial charge in [0.2, 0.25) is 0 Å². The summed E-state index contributed by atoms with van der Waals surface area (Å²) in [7, 11) is 0. The van der Waals surface area contributed by atoms with Gasteiger partial charge in [0.25, 0.3) is 0 Å². The molecule has 0 aromatic heterocycles. The maximum atomic E-state index is 5.73. The number of nitrogens with one attached hydrogen (secondary N) is 1. The van der Waals surface area contributed by atoms with Gasteiger partial charge in [-0.2, -0.15) is 0 Å². The third-order valence-corrected chi connectivity index (χ3v) is 3.40. The molecule has 0 bridgehead atoms. The number of aryl methyl sites for hydroxylation is 3. The molecule has 0 saturated carbocycles. The summed E-state index contributed by atoms with van der Waals surface area (Å²) in [6.45, 7) is 12.5. The summed E-state index contributed by atoms with van der Waals surface area (Å²) in [5.74, 6) is 0. The van der Waals surface area contributed by atoms with Gasteiger partial charge >= 0.3 is 0 Å². The first kappa shape index (κ1) is 12.6. The monoisotopic (exact) mass is 233 g/mol. The first-order chi connectivity index (χ1) is 7.89. The van der Waals surface area contributed by atoms with Gasteiger partial charge in [-0.1, -0.05) is 17.7 Å². The van der Waals surface area contributed by atoms with Crippen molar-refractivity contribution in [2.24, 2.45) is 0 Å². The van der Waals surface area contributed by atoms with Crippen LogP contribution in [0.3, 0.4) is 0 Å². The molecule has 1 unspecified atom stereocenters. The van der Waals surface area contributed by atoms with Crippen LogP contribution in [0.1, 0.15) is 42.1 Å². The lowest BCUT2D eigenvalue weighted by atomic mass is 9.91. The van der Waals surface area contributed by atoms with Gasteiger partial charge in [0.1, 0.15) is 0 Å². The zero-order valence-corrected chi connectivity index (χ0v) is 11.6. The first-order valence-corrected chi connectivity index (χ1v) is 6.32. The number of ether oxygens (including phenoxy) is 1. The van der Waals surface area contributed by atoms with Gasteiger partial charge in [0.05, 0.1) is 19.3 Å². The topological polar surface area (TPSA) is 21.3 Å². The highest BCUT2D eigenvalue weighted by Gasteiger charge is 2.29. The average molecular weight is 233 g/mol. The number of rotatable bonds is 1. The fraction of sp³-hybridized carbons (Fsp3) is 0.600. The molecule has 94 valence electrons. The van der Waals surface area contributed by atoms with E-state index in [2.05, 4.69) is 52.1 Å². The van der Waals surface area contributed by atoms with Crippen LogP contribution in [0.25, 0.3) is 0 Å². The number of hydrogen-bond acceptors (Lipinski definition) is 2. The van der Waals surface area contributed by atoms with Crippen molar-refractivity contribution < 1.29 is 4.74 Å². The Kier molecular flexibility index (Phi) is 3.28. The van der Waals surface area contributed by atoms with Gasteiger partial charge in [-0.15, -0.1) is 0 Å². The lowest BCUT2D eigenvalue weighted by Gasteiger charge is -2.38. The van der Waals surface area contributed by atoms with Crippen molar-refractivity contribution in [3.8, 4) is 0 Å². The van der Waals surface area contributed by atoms with E-state index in [-0.39, 0.29) is 5.54 Å². The molecule has 1 atom stereocenters. The SMILES string of the molecule is Cc1cc(C)c(C2COCC(C)(C)N2)c(C)c1. The molecule has 0 radical (unpaired) electrons. The molecule has 1 aliphatic rings. The van der Waals surface area contributed by atoms with Gasteiger partial charge in [0, 0.05) is 5.54 Å². The van der Waals surface area contributed by atoms with Crippen molar-refractivity contribution in [3.63, 3.8) is 0 Å².